The highest BCUT2D eigenvalue weighted by Gasteiger charge is 2.16. The molecule has 0 saturated carbocycles. The van der Waals surface area contributed by atoms with Gasteiger partial charge < -0.3 is 5.11 Å². The highest BCUT2D eigenvalue weighted by atomic mass is 32.2. The fraction of sp³-hybridized carbons (Fsp3) is 0.100. The predicted octanol–water partition coefficient (Wildman–Crippen LogP) is 2.00. The van der Waals surface area contributed by atoms with Gasteiger partial charge in [-0.25, -0.2) is 13.2 Å². The first-order valence-corrected chi connectivity index (χ1v) is 7.06. The molecule has 0 atom stereocenters. The summed E-state index contributed by atoms with van der Waals surface area (Å²) in [4.78, 5) is 10.9. The number of sulfone groups is 1. The van der Waals surface area contributed by atoms with Crippen molar-refractivity contribution >= 4 is 37.2 Å². The van der Waals surface area contributed by atoms with E-state index in [1.807, 2.05) is 0 Å². The van der Waals surface area contributed by atoms with Crippen LogP contribution in [0.25, 0.3) is 10.1 Å². The molecule has 0 aliphatic rings. The fourth-order valence-corrected chi connectivity index (χ4v) is 3.48. The van der Waals surface area contributed by atoms with Crippen molar-refractivity contribution in [3.05, 3.63) is 29.8 Å². The summed E-state index contributed by atoms with van der Waals surface area (Å²) in [5, 5.41) is 9.60. The van der Waals surface area contributed by atoms with Crippen LogP contribution in [-0.2, 0) is 9.84 Å². The lowest BCUT2D eigenvalue weighted by atomic mass is 10.2. The summed E-state index contributed by atoms with van der Waals surface area (Å²) in [6.45, 7) is 0. The van der Waals surface area contributed by atoms with Crippen LogP contribution in [0.5, 0.6) is 0 Å². The van der Waals surface area contributed by atoms with Crippen LogP contribution in [0.4, 0.5) is 0 Å². The molecule has 84 valence electrons. The van der Waals surface area contributed by atoms with Crippen molar-refractivity contribution in [2.45, 2.75) is 4.21 Å². The van der Waals surface area contributed by atoms with Crippen molar-refractivity contribution in [1.29, 1.82) is 0 Å². The first-order valence-electron chi connectivity index (χ1n) is 4.35. The number of benzene rings is 1. The number of thiophene rings is 1. The van der Waals surface area contributed by atoms with E-state index in [1.54, 1.807) is 12.1 Å². The maximum Gasteiger partial charge on any atom is 0.337 e. The Bertz CT molecular complexity index is 667. The average molecular weight is 256 g/mol. The first-order chi connectivity index (χ1) is 7.39. The molecule has 0 bridgehead atoms. The molecule has 0 fully saturated rings. The van der Waals surface area contributed by atoms with Gasteiger partial charge in [0.25, 0.3) is 0 Å². The second-order valence-corrected chi connectivity index (χ2v) is 6.66. The second-order valence-electron chi connectivity index (χ2n) is 3.37. The topological polar surface area (TPSA) is 71.4 Å². The van der Waals surface area contributed by atoms with Crippen molar-refractivity contribution in [3.8, 4) is 0 Å². The van der Waals surface area contributed by atoms with Crippen LogP contribution >= 0.6 is 11.3 Å². The molecule has 2 rings (SSSR count). The van der Waals surface area contributed by atoms with Crippen LogP contribution in [0, 0.1) is 0 Å². The zero-order valence-electron chi connectivity index (χ0n) is 8.30. The summed E-state index contributed by atoms with van der Waals surface area (Å²) in [6.07, 6.45) is 1.11. The smallest absolute Gasteiger partial charge is 0.337 e. The molecule has 6 heteroatoms. The number of aromatic carboxylic acids is 1. The van der Waals surface area contributed by atoms with Gasteiger partial charge in [-0.1, -0.05) is 12.1 Å². The molecule has 0 amide bonds. The van der Waals surface area contributed by atoms with Gasteiger partial charge in [0.2, 0.25) is 0 Å². The molecule has 4 nitrogen and oxygen atoms in total. The number of fused-ring (bicyclic) bond motifs is 1. The third-order valence-electron chi connectivity index (χ3n) is 2.12. The zero-order valence-corrected chi connectivity index (χ0v) is 9.93. The maximum atomic E-state index is 11.3. The van der Waals surface area contributed by atoms with E-state index in [4.69, 9.17) is 5.11 Å². The average Bonchev–Trinajstić information content (AvgIpc) is 2.59. The van der Waals surface area contributed by atoms with Gasteiger partial charge >= 0.3 is 5.97 Å². The van der Waals surface area contributed by atoms with Crippen LogP contribution in [0.1, 0.15) is 10.4 Å². The molecule has 1 N–H and O–H groups in total. The standard InChI is InChI=1S/C10H8O4S2/c1-16(13,14)8-5-6-3-2-4-7(10(11)12)9(6)15-8/h2-5H,1H3,(H,11,12). The summed E-state index contributed by atoms with van der Waals surface area (Å²) >= 11 is 0.990. The molecule has 0 radical (unpaired) electrons. The Morgan fingerprint density at radius 3 is 2.62 bits per heavy atom. The van der Waals surface area contributed by atoms with Gasteiger partial charge in [-0.15, -0.1) is 11.3 Å². The molecule has 1 aromatic heterocycles. The Morgan fingerprint density at radius 2 is 2.06 bits per heavy atom. The van der Waals surface area contributed by atoms with Crippen LogP contribution in [0.15, 0.2) is 28.5 Å². The summed E-state index contributed by atoms with van der Waals surface area (Å²) < 4.78 is 23.4. The van der Waals surface area contributed by atoms with Gasteiger partial charge in [0.1, 0.15) is 4.21 Å². The summed E-state index contributed by atoms with van der Waals surface area (Å²) in [6, 6.07) is 6.27. The van der Waals surface area contributed by atoms with Gasteiger partial charge in [-0.05, 0) is 17.5 Å². The Kier molecular flexibility index (Phi) is 2.47. The second kappa shape index (κ2) is 3.57. The van der Waals surface area contributed by atoms with Gasteiger partial charge in [-0.2, -0.15) is 0 Å². The number of carboxylic acid groups (broad SMARTS) is 1. The summed E-state index contributed by atoms with van der Waals surface area (Å²) in [5.41, 5.74) is 0.136. The SMILES string of the molecule is CS(=O)(=O)c1cc2cccc(C(=O)O)c2s1. The number of hydrogen-bond donors (Lipinski definition) is 1. The van der Waals surface area contributed by atoms with Gasteiger partial charge in [0.05, 0.1) is 10.3 Å². The van der Waals surface area contributed by atoms with E-state index >= 15 is 0 Å². The molecule has 0 aliphatic carbocycles. The van der Waals surface area contributed by atoms with Crippen LogP contribution in [-0.4, -0.2) is 25.7 Å². The Balaban J connectivity index is 2.81. The van der Waals surface area contributed by atoms with Crippen molar-refractivity contribution in [2.75, 3.05) is 6.26 Å². The number of carbonyl (C=O) groups is 1. The van der Waals surface area contributed by atoms with Gasteiger partial charge in [0, 0.05) is 6.26 Å². The molecule has 1 aromatic carbocycles. The lowest BCUT2D eigenvalue weighted by molar-refractivity contribution is 0.0699. The Morgan fingerprint density at radius 1 is 1.38 bits per heavy atom. The molecular weight excluding hydrogens is 248 g/mol. The monoisotopic (exact) mass is 256 g/mol. The lowest BCUT2D eigenvalue weighted by Gasteiger charge is -1.94. The predicted molar refractivity (Wildman–Crippen MR) is 61.9 cm³/mol. The van der Waals surface area contributed by atoms with Crippen molar-refractivity contribution < 1.29 is 18.3 Å². The normalized spacial score (nSPS) is 11.8. The van der Waals surface area contributed by atoms with E-state index in [0.29, 0.717) is 10.1 Å². The Hall–Kier alpha value is -1.40. The van der Waals surface area contributed by atoms with Crippen LogP contribution < -0.4 is 0 Å². The molecule has 1 heterocycles. The molecule has 16 heavy (non-hydrogen) atoms. The minimum Gasteiger partial charge on any atom is -0.478 e. The molecule has 0 unspecified atom stereocenters. The number of hydrogen-bond acceptors (Lipinski definition) is 4. The molecule has 2 aromatic rings. The fourth-order valence-electron chi connectivity index (χ4n) is 1.39. The third kappa shape index (κ3) is 1.81. The minimum atomic E-state index is -3.28. The summed E-state index contributed by atoms with van der Waals surface area (Å²) in [5.74, 6) is -1.05. The van der Waals surface area contributed by atoms with Crippen LogP contribution in [0.3, 0.4) is 0 Å². The first kappa shape index (κ1) is 11.1. The molecule has 0 spiro atoms. The van der Waals surface area contributed by atoms with E-state index in [2.05, 4.69) is 0 Å². The minimum absolute atomic E-state index is 0.136. The highest BCUT2D eigenvalue weighted by molar-refractivity contribution is 7.93. The van der Waals surface area contributed by atoms with Crippen molar-refractivity contribution in [2.24, 2.45) is 0 Å². The Labute approximate surface area is 96.1 Å². The molecule has 0 saturated heterocycles. The van der Waals surface area contributed by atoms with Gasteiger partial charge in [0.15, 0.2) is 9.84 Å². The highest BCUT2D eigenvalue weighted by Crippen LogP contribution is 2.31. The lowest BCUT2D eigenvalue weighted by Crippen LogP contribution is -1.95. The maximum absolute atomic E-state index is 11.3. The van der Waals surface area contributed by atoms with E-state index in [0.717, 1.165) is 17.6 Å². The third-order valence-corrected chi connectivity index (χ3v) is 5.10. The van der Waals surface area contributed by atoms with E-state index in [-0.39, 0.29) is 9.77 Å². The zero-order chi connectivity index (χ0) is 11.9. The quantitative estimate of drug-likeness (QED) is 0.892. The summed E-state index contributed by atoms with van der Waals surface area (Å²) in [7, 11) is -3.28. The number of carboxylic acids is 1. The van der Waals surface area contributed by atoms with Crippen LogP contribution in [0.2, 0.25) is 0 Å². The largest absolute Gasteiger partial charge is 0.478 e. The van der Waals surface area contributed by atoms with Crippen molar-refractivity contribution in [1.82, 2.24) is 0 Å². The van der Waals surface area contributed by atoms with E-state index in [1.165, 1.54) is 12.1 Å². The van der Waals surface area contributed by atoms with E-state index in [9.17, 15) is 13.2 Å². The van der Waals surface area contributed by atoms with Gasteiger partial charge in [-0.3, -0.25) is 0 Å². The van der Waals surface area contributed by atoms with E-state index < -0.39 is 15.8 Å². The number of rotatable bonds is 2. The molecular formula is C10H8O4S2. The van der Waals surface area contributed by atoms with Crippen molar-refractivity contribution in [3.63, 3.8) is 0 Å². The molecule has 0 aliphatic heterocycles.